The number of rotatable bonds is 11. The molecular formula is C22H37FIN5. The van der Waals surface area contributed by atoms with Crippen LogP contribution in [0.25, 0.3) is 10.9 Å². The van der Waals surface area contributed by atoms with Crippen LogP contribution in [0.5, 0.6) is 0 Å². The van der Waals surface area contributed by atoms with Gasteiger partial charge in [0.2, 0.25) is 0 Å². The van der Waals surface area contributed by atoms with Crippen molar-refractivity contribution in [1.29, 1.82) is 0 Å². The number of fused-ring (bicyclic) bond motifs is 1. The molecule has 1 atom stereocenters. The summed E-state index contributed by atoms with van der Waals surface area (Å²) in [5.74, 6) is 0.649. The van der Waals surface area contributed by atoms with Gasteiger partial charge in [-0.25, -0.2) is 4.39 Å². The summed E-state index contributed by atoms with van der Waals surface area (Å²) in [5.41, 5.74) is 2.01. The third-order valence-corrected chi connectivity index (χ3v) is 5.11. The Morgan fingerprint density at radius 2 is 2.00 bits per heavy atom. The van der Waals surface area contributed by atoms with Crippen molar-refractivity contribution < 1.29 is 4.39 Å². The lowest BCUT2D eigenvalue weighted by Gasteiger charge is -2.21. The Labute approximate surface area is 191 Å². The number of hydrogen-bond acceptors (Lipinski definition) is 2. The first-order valence-electron chi connectivity index (χ1n) is 10.6. The van der Waals surface area contributed by atoms with E-state index in [1.54, 1.807) is 0 Å². The molecule has 0 amide bonds. The third-order valence-electron chi connectivity index (χ3n) is 5.11. The lowest BCUT2D eigenvalue weighted by molar-refractivity contribution is 0.292. The highest BCUT2D eigenvalue weighted by molar-refractivity contribution is 14.0. The number of nitrogens with zero attached hydrogens (tertiary/aromatic N) is 2. The zero-order valence-electron chi connectivity index (χ0n) is 18.2. The molecule has 1 heterocycles. The quantitative estimate of drug-likeness (QED) is 0.233. The van der Waals surface area contributed by atoms with Crippen LogP contribution in [-0.4, -0.2) is 54.6 Å². The highest BCUT2D eigenvalue weighted by Crippen LogP contribution is 2.19. The molecule has 0 radical (unpaired) electrons. The summed E-state index contributed by atoms with van der Waals surface area (Å²) in [5, 5.41) is 7.92. The number of halogens is 2. The number of H-pyrrole nitrogens is 1. The summed E-state index contributed by atoms with van der Waals surface area (Å²) in [7, 11) is 0. The average Bonchev–Trinajstić information content (AvgIpc) is 3.07. The molecule has 2 aromatic rings. The second-order valence-electron chi connectivity index (χ2n) is 7.23. The lowest BCUT2D eigenvalue weighted by Crippen LogP contribution is -2.42. The van der Waals surface area contributed by atoms with Crippen LogP contribution in [0.3, 0.4) is 0 Å². The highest BCUT2D eigenvalue weighted by Gasteiger charge is 2.08. The van der Waals surface area contributed by atoms with Crippen molar-refractivity contribution >= 4 is 40.8 Å². The van der Waals surface area contributed by atoms with E-state index in [9.17, 15) is 4.39 Å². The molecule has 0 fully saturated rings. The third kappa shape index (κ3) is 8.50. The molecule has 1 unspecified atom stereocenters. The normalized spacial score (nSPS) is 12.8. The minimum atomic E-state index is -0.215. The van der Waals surface area contributed by atoms with E-state index in [2.05, 4.69) is 48.2 Å². The van der Waals surface area contributed by atoms with Gasteiger partial charge >= 0.3 is 0 Å². The van der Waals surface area contributed by atoms with E-state index in [1.165, 1.54) is 24.1 Å². The van der Waals surface area contributed by atoms with E-state index in [1.807, 2.05) is 12.3 Å². The van der Waals surface area contributed by atoms with Crippen LogP contribution in [-0.2, 0) is 6.42 Å². The van der Waals surface area contributed by atoms with Gasteiger partial charge in [0, 0.05) is 36.2 Å². The van der Waals surface area contributed by atoms with Crippen molar-refractivity contribution in [2.24, 2.45) is 4.99 Å². The maximum absolute atomic E-state index is 13.3. The van der Waals surface area contributed by atoms with Crippen LogP contribution < -0.4 is 10.6 Å². The number of guanidine groups is 1. The average molecular weight is 517 g/mol. The molecule has 3 N–H and O–H groups in total. The molecule has 164 valence electrons. The Morgan fingerprint density at radius 3 is 2.69 bits per heavy atom. The van der Waals surface area contributed by atoms with Crippen molar-refractivity contribution in [1.82, 2.24) is 20.5 Å². The molecule has 2 rings (SSSR count). The van der Waals surface area contributed by atoms with Crippen LogP contribution in [0.4, 0.5) is 4.39 Å². The van der Waals surface area contributed by atoms with E-state index >= 15 is 0 Å². The van der Waals surface area contributed by atoms with Crippen molar-refractivity contribution in [3.05, 3.63) is 35.8 Å². The van der Waals surface area contributed by atoms with E-state index in [-0.39, 0.29) is 29.8 Å². The molecule has 5 nitrogen and oxygen atoms in total. The van der Waals surface area contributed by atoms with Gasteiger partial charge < -0.3 is 20.5 Å². The van der Waals surface area contributed by atoms with E-state index in [0.29, 0.717) is 12.6 Å². The second-order valence-corrected chi connectivity index (χ2v) is 7.23. The van der Waals surface area contributed by atoms with Gasteiger partial charge in [0.05, 0.1) is 0 Å². The van der Waals surface area contributed by atoms with E-state index in [4.69, 9.17) is 4.99 Å². The summed E-state index contributed by atoms with van der Waals surface area (Å²) in [6.45, 7) is 13.6. The Hall–Kier alpha value is -1.35. The minimum Gasteiger partial charge on any atom is -0.361 e. The smallest absolute Gasteiger partial charge is 0.191 e. The first-order chi connectivity index (χ1) is 13.6. The Bertz CT molecular complexity index is 742. The molecule has 0 spiro atoms. The number of aliphatic imine (C=N–C) groups is 1. The molecule has 7 heteroatoms. The Morgan fingerprint density at radius 1 is 1.24 bits per heavy atom. The van der Waals surface area contributed by atoms with Gasteiger partial charge in [0.15, 0.2) is 5.96 Å². The summed E-state index contributed by atoms with van der Waals surface area (Å²) in [6.07, 6.45) is 5.07. The van der Waals surface area contributed by atoms with Gasteiger partial charge in [-0.05, 0) is 76.5 Å². The maximum atomic E-state index is 13.3. The number of nitrogens with one attached hydrogen (secondary N) is 3. The minimum absolute atomic E-state index is 0. The van der Waals surface area contributed by atoms with Crippen molar-refractivity contribution in [2.75, 3.05) is 32.7 Å². The molecule has 1 aromatic carbocycles. The summed E-state index contributed by atoms with van der Waals surface area (Å²) < 4.78 is 13.3. The molecule has 1 aromatic heterocycles. The maximum Gasteiger partial charge on any atom is 0.191 e. The van der Waals surface area contributed by atoms with Gasteiger partial charge in [0.25, 0.3) is 0 Å². The first-order valence-corrected chi connectivity index (χ1v) is 10.6. The molecule has 0 bridgehead atoms. The van der Waals surface area contributed by atoms with E-state index in [0.717, 1.165) is 55.9 Å². The predicted molar refractivity (Wildman–Crippen MR) is 133 cm³/mol. The van der Waals surface area contributed by atoms with Gasteiger partial charge in [-0.3, -0.25) is 4.99 Å². The van der Waals surface area contributed by atoms with Crippen LogP contribution in [0.2, 0.25) is 0 Å². The number of benzene rings is 1. The molecular weight excluding hydrogens is 480 g/mol. The fourth-order valence-electron chi connectivity index (χ4n) is 3.44. The topological polar surface area (TPSA) is 55.5 Å². The molecule has 0 saturated heterocycles. The second kappa shape index (κ2) is 13.8. The molecule has 0 aliphatic carbocycles. The molecule has 0 aliphatic rings. The first kappa shape index (κ1) is 25.7. The van der Waals surface area contributed by atoms with Crippen molar-refractivity contribution in [3.63, 3.8) is 0 Å². The van der Waals surface area contributed by atoms with Gasteiger partial charge in [-0.2, -0.15) is 0 Å². The van der Waals surface area contributed by atoms with Crippen LogP contribution >= 0.6 is 24.0 Å². The van der Waals surface area contributed by atoms with Crippen molar-refractivity contribution in [3.8, 4) is 0 Å². The fourth-order valence-corrected chi connectivity index (χ4v) is 3.44. The largest absolute Gasteiger partial charge is 0.361 e. The monoisotopic (exact) mass is 517 g/mol. The SMILES string of the molecule is CCNC(=NCCc1c[nH]c2cc(F)ccc12)NC(C)CCCN(CC)CC.I. The highest BCUT2D eigenvalue weighted by atomic mass is 127. The lowest BCUT2D eigenvalue weighted by atomic mass is 10.1. The number of aromatic amines is 1. The predicted octanol–water partition coefficient (Wildman–Crippen LogP) is 4.53. The van der Waals surface area contributed by atoms with Crippen molar-refractivity contribution in [2.45, 2.75) is 53.0 Å². The van der Waals surface area contributed by atoms with Gasteiger partial charge in [-0.1, -0.05) is 13.8 Å². The van der Waals surface area contributed by atoms with Gasteiger partial charge in [-0.15, -0.1) is 24.0 Å². The fraction of sp³-hybridized carbons (Fsp3) is 0.591. The Kier molecular flexibility index (Phi) is 12.2. The van der Waals surface area contributed by atoms with Crippen LogP contribution in [0, 0.1) is 5.82 Å². The zero-order chi connectivity index (χ0) is 20.4. The van der Waals surface area contributed by atoms with Gasteiger partial charge in [0.1, 0.15) is 5.82 Å². The van der Waals surface area contributed by atoms with E-state index < -0.39 is 0 Å². The number of hydrogen-bond donors (Lipinski definition) is 3. The molecule has 0 aliphatic heterocycles. The van der Waals surface area contributed by atoms with Crippen LogP contribution in [0.15, 0.2) is 29.4 Å². The summed E-state index contributed by atoms with van der Waals surface area (Å²) in [6, 6.07) is 5.26. The summed E-state index contributed by atoms with van der Waals surface area (Å²) >= 11 is 0. The zero-order valence-corrected chi connectivity index (χ0v) is 20.6. The van der Waals surface area contributed by atoms with Crippen LogP contribution in [0.1, 0.15) is 46.1 Å². The standard InChI is InChI=1S/C22H36FN5.HI/c1-5-24-22(27-17(4)9-8-14-28(6-2)7-3)25-13-12-18-16-26-21-15-19(23)10-11-20(18)21;/h10-11,15-17,26H,5-9,12-14H2,1-4H3,(H2,24,25,27);1H. The Balaban J connectivity index is 0.00000420. The molecule has 29 heavy (non-hydrogen) atoms. The summed E-state index contributed by atoms with van der Waals surface area (Å²) in [4.78, 5) is 10.3. The number of aromatic nitrogens is 1. The molecule has 0 saturated carbocycles.